The molecule has 0 aromatic carbocycles. The lowest BCUT2D eigenvalue weighted by molar-refractivity contribution is -0.150. The van der Waals surface area contributed by atoms with E-state index in [2.05, 4.69) is 15.9 Å². The Morgan fingerprint density at radius 1 is 1.67 bits per heavy atom. The smallest absolute Gasteiger partial charge is 0.316 e. The number of hydrogen-bond acceptors (Lipinski definition) is 3. The van der Waals surface area contributed by atoms with Crippen LogP contribution in [0.25, 0.3) is 0 Å². The van der Waals surface area contributed by atoms with Gasteiger partial charge in [-0.1, -0.05) is 15.9 Å². The van der Waals surface area contributed by atoms with Gasteiger partial charge in [0.25, 0.3) is 0 Å². The first-order valence-electron chi connectivity index (χ1n) is 4.01. The van der Waals surface area contributed by atoms with Crippen LogP contribution in [0.3, 0.4) is 0 Å². The van der Waals surface area contributed by atoms with Crippen LogP contribution in [0, 0.1) is 5.92 Å². The molecule has 0 aromatic rings. The van der Waals surface area contributed by atoms with Crippen LogP contribution in [-0.4, -0.2) is 23.2 Å². The number of carbonyl (C=O) groups is 2. The molecule has 0 amide bonds. The summed E-state index contributed by atoms with van der Waals surface area (Å²) in [5.74, 6) is -0.924. The van der Waals surface area contributed by atoms with Gasteiger partial charge in [0.1, 0.15) is 5.92 Å². The van der Waals surface area contributed by atoms with E-state index in [1.165, 1.54) is 0 Å². The Kier molecular flexibility index (Phi) is 3.26. The highest BCUT2D eigenvalue weighted by Gasteiger charge is 2.38. The molecule has 1 rings (SSSR count). The first-order valence-corrected chi connectivity index (χ1v) is 4.92. The highest BCUT2D eigenvalue weighted by molar-refractivity contribution is 9.10. The summed E-state index contributed by atoms with van der Waals surface area (Å²) in [6, 6.07) is 0. The van der Waals surface area contributed by atoms with Gasteiger partial charge in [-0.2, -0.15) is 0 Å². The van der Waals surface area contributed by atoms with Gasteiger partial charge < -0.3 is 4.74 Å². The normalized spacial score (nSPS) is 29.0. The van der Waals surface area contributed by atoms with Crippen molar-refractivity contribution in [2.75, 3.05) is 6.61 Å². The van der Waals surface area contributed by atoms with Crippen molar-refractivity contribution in [3.05, 3.63) is 0 Å². The summed E-state index contributed by atoms with van der Waals surface area (Å²) in [4.78, 5) is 22.3. The fourth-order valence-corrected chi connectivity index (χ4v) is 1.88. The zero-order chi connectivity index (χ0) is 9.14. The molecule has 1 saturated carbocycles. The Morgan fingerprint density at radius 2 is 2.33 bits per heavy atom. The van der Waals surface area contributed by atoms with Gasteiger partial charge in [-0.25, -0.2) is 0 Å². The summed E-state index contributed by atoms with van der Waals surface area (Å²) < 4.78 is 4.76. The number of ether oxygens (including phenoxy) is 1. The lowest BCUT2D eigenvalue weighted by Crippen LogP contribution is -2.24. The van der Waals surface area contributed by atoms with Crippen LogP contribution < -0.4 is 0 Å². The molecule has 0 saturated heterocycles. The van der Waals surface area contributed by atoms with Gasteiger partial charge in [-0.3, -0.25) is 9.59 Å². The van der Waals surface area contributed by atoms with Gasteiger partial charge in [0.15, 0.2) is 5.78 Å². The van der Waals surface area contributed by atoms with Gasteiger partial charge in [0.2, 0.25) is 0 Å². The summed E-state index contributed by atoms with van der Waals surface area (Å²) in [6.07, 6.45) is 1.36. The SMILES string of the molecule is CCOC(=O)[C@H]1CC[C@H](Br)C1=O. The summed E-state index contributed by atoms with van der Waals surface area (Å²) in [6.45, 7) is 2.08. The quantitative estimate of drug-likeness (QED) is 0.411. The average Bonchev–Trinajstić information content (AvgIpc) is 2.34. The van der Waals surface area contributed by atoms with Crippen LogP contribution in [0.1, 0.15) is 19.8 Å². The van der Waals surface area contributed by atoms with E-state index in [0.29, 0.717) is 13.0 Å². The van der Waals surface area contributed by atoms with E-state index in [1.807, 2.05) is 0 Å². The average molecular weight is 235 g/mol. The molecule has 2 atom stereocenters. The topological polar surface area (TPSA) is 43.4 Å². The number of hydrogen-bond donors (Lipinski definition) is 0. The van der Waals surface area contributed by atoms with Crippen molar-refractivity contribution in [3.8, 4) is 0 Å². The van der Waals surface area contributed by atoms with Crippen molar-refractivity contribution in [2.24, 2.45) is 5.92 Å². The third-order valence-corrected chi connectivity index (χ3v) is 2.84. The van der Waals surface area contributed by atoms with Crippen LogP contribution in [-0.2, 0) is 14.3 Å². The van der Waals surface area contributed by atoms with Crippen LogP contribution in [0.5, 0.6) is 0 Å². The first kappa shape index (κ1) is 9.71. The second-order valence-corrected chi connectivity index (χ2v) is 3.86. The third kappa shape index (κ3) is 1.86. The van der Waals surface area contributed by atoms with Crippen molar-refractivity contribution in [1.82, 2.24) is 0 Å². The molecule has 1 aliphatic rings. The maximum Gasteiger partial charge on any atom is 0.316 e. The summed E-state index contributed by atoms with van der Waals surface area (Å²) in [7, 11) is 0. The maximum absolute atomic E-state index is 11.3. The molecule has 0 bridgehead atoms. The minimum absolute atomic E-state index is 0.0338. The lowest BCUT2D eigenvalue weighted by atomic mass is 10.1. The second kappa shape index (κ2) is 4.03. The highest BCUT2D eigenvalue weighted by atomic mass is 79.9. The van der Waals surface area contributed by atoms with Crippen LogP contribution in [0.4, 0.5) is 0 Å². The van der Waals surface area contributed by atoms with Crippen LogP contribution in [0.15, 0.2) is 0 Å². The largest absolute Gasteiger partial charge is 0.465 e. The molecule has 0 radical (unpaired) electrons. The zero-order valence-electron chi connectivity index (χ0n) is 6.88. The number of ketones is 1. The van der Waals surface area contributed by atoms with Crippen molar-refractivity contribution >= 4 is 27.7 Å². The van der Waals surface area contributed by atoms with E-state index < -0.39 is 5.92 Å². The lowest BCUT2D eigenvalue weighted by Gasteiger charge is -2.06. The standard InChI is InChI=1S/C8H11BrO3/c1-2-12-8(11)5-3-4-6(9)7(5)10/h5-6H,2-4H2,1H3/t5-,6-/m0/s1. The fourth-order valence-electron chi connectivity index (χ4n) is 1.29. The molecule has 0 unspecified atom stereocenters. The van der Waals surface area contributed by atoms with Crippen molar-refractivity contribution < 1.29 is 14.3 Å². The molecule has 1 aliphatic carbocycles. The maximum atomic E-state index is 11.3. The number of Topliss-reactive ketones (excluding diaryl/α,β-unsaturated/α-hetero) is 1. The van der Waals surface area contributed by atoms with Gasteiger partial charge in [0, 0.05) is 0 Å². The third-order valence-electron chi connectivity index (χ3n) is 1.93. The zero-order valence-corrected chi connectivity index (χ0v) is 8.46. The van der Waals surface area contributed by atoms with Gasteiger partial charge in [0.05, 0.1) is 11.4 Å². The Labute approximate surface area is 79.6 Å². The Hall–Kier alpha value is -0.380. The number of halogens is 1. The molecular formula is C8H11BrO3. The molecule has 4 heteroatoms. The van der Waals surface area contributed by atoms with Gasteiger partial charge in [-0.15, -0.1) is 0 Å². The molecule has 1 fully saturated rings. The second-order valence-electron chi connectivity index (χ2n) is 2.75. The molecule has 68 valence electrons. The summed E-state index contributed by atoms with van der Waals surface area (Å²) >= 11 is 3.21. The van der Waals surface area contributed by atoms with Gasteiger partial charge >= 0.3 is 5.97 Å². The first-order chi connectivity index (χ1) is 5.66. The van der Waals surface area contributed by atoms with E-state index in [-0.39, 0.29) is 16.6 Å². The Bertz CT molecular complexity index is 202. The van der Waals surface area contributed by atoms with Crippen LogP contribution >= 0.6 is 15.9 Å². The minimum atomic E-state index is -0.519. The number of alkyl halides is 1. The molecule has 3 nitrogen and oxygen atoms in total. The molecule has 0 aromatic heterocycles. The van der Waals surface area contributed by atoms with Crippen LogP contribution in [0.2, 0.25) is 0 Å². The fraction of sp³-hybridized carbons (Fsp3) is 0.750. The Balaban J connectivity index is 2.53. The predicted molar refractivity (Wildman–Crippen MR) is 47.1 cm³/mol. The molecule has 12 heavy (non-hydrogen) atoms. The summed E-state index contributed by atoms with van der Waals surface area (Å²) in [5, 5.41) is 0. The van der Waals surface area contributed by atoms with Gasteiger partial charge in [-0.05, 0) is 19.8 Å². The molecule has 0 N–H and O–H groups in total. The molecular weight excluding hydrogens is 224 g/mol. The molecule has 0 aliphatic heterocycles. The van der Waals surface area contributed by atoms with E-state index in [4.69, 9.17) is 4.74 Å². The number of carbonyl (C=O) groups excluding carboxylic acids is 2. The summed E-state index contributed by atoms with van der Waals surface area (Å²) in [5.41, 5.74) is 0. The minimum Gasteiger partial charge on any atom is -0.465 e. The number of esters is 1. The van der Waals surface area contributed by atoms with E-state index in [1.54, 1.807) is 6.92 Å². The van der Waals surface area contributed by atoms with Crippen molar-refractivity contribution in [3.63, 3.8) is 0 Å². The molecule has 0 heterocycles. The van der Waals surface area contributed by atoms with E-state index >= 15 is 0 Å². The highest BCUT2D eigenvalue weighted by Crippen LogP contribution is 2.28. The monoisotopic (exact) mass is 234 g/mol. The van der Waals surface area contributed by atoms with E-state index in [0.717, 1.165) is 6.42 Å². The molecule has 0 spiro atoms. The van der Waals surface area contributed by atoms with E-state index in [9.17, 15) is 9.59 Å². The Morgan fingerprint density at radius 3 is 2.75 bits per heavy atom. The van der Waals surface area contributed by atoms with Crippen molar-refractivity contribution in [2.45, 2.75) is 24.6 Å². The predicted octanol–water partition coefficient (Wildman–Crippen LogP) is 1.29. The number of rotatable bonds is 2. The van der Waals surface area contributed by atoms with Crippen molar-refractivity contribution in [1.29, 1.82) is 0 Å².